The van der Waals surface area contributed by atoms with Gasteiger partial charge in [0.2, 0.25) is 0 Å². The van der Waals surface area contributed by atoms with Crippen molar-refractivity contribution in [3.05, 3.63) is 29.8 Å². The van der Waals surface area contributed by atoms with E-state index >= 15 is 0 Å². The van der Waals surface area contributed by atoms with Crippen LogP contribution in [0.15, 0.2) is 24.3 Å². The van der Waals surface area contributed by atoms with Crippen LogP contribution in [0.2, 0.25) is 0 Å². The van der Waals surface area contributed by atoms with Crippen LogP contribution < -0.4 is 4.74 Å². The van der Waals surface area contributed by atoms with Crippen LogP contribution in [0.4, 0.5) is 0 Å². The summed E-state index contributed by atoms with van der Waals surface area (Å²) in [7, 11) is 0. The van der Waals surface area contributed by atoms with Crippen molar-refractivity contribution in [1.29, 1.82) is 0 Å². The summed E-state index contributed by atoms with van der Waals surface area (Å²) in [6, 6.07) is 8.04. The fourth-order valence-electron chi connectivity index (χ4n) is 0.988. The van der Waals surface area contributed by atoms with Crippen molar-refractivity contribution >= 4 is 11.6 Å². The van der Waals surface area contributed by atoms with E-state index in [-0.39, 0.29) is 0 Å². The van der Waals surface area contributed by atoms with Gasteiger partial charge in [0.1, 0.15) is 5.75 Å². The van der Waals surface area contributed by atoms with E-state index in [4.69, 9.17) is 16.3 Å². The quantitative estimate of drug-likeness (QED) is 0.675. The number of aryl methyl sites for hydroxylation is 1. The van der Waals surface area contributed by atoms with Gasteiger partial charge in [-0.3, -0.25) is 0 Å². The Morgan fingerprint density at radius 2 is 2.23 bits per heavy atom. The second kappa shape index (κ2) is 5.13. The first-order chi connectivity index (χ1) is 6.22. The lowest BCUT2D eigenvalue weighted by atomic mass is 10.2. The largest absolute Gasteiger partial charge is 0.493 e. The SMILES string of the molecule is Cc1cccc(OCC(C)CCl)c1. The molecule has 0 bridgehead atoms. The molecule has 0 heterocycles. The molecule has 0 aliphatic heterocycles. The molecule has 72 valence electrons. The van der Waals surface area contributed by atoms with Gasteiger partial charge in [-0.1, -0.05) is 19.1 Å². The maximum Gasteiger partial charge on any atom is 0.119 e. The lowest BCUT2D eigenvalue weighted by molar-refractivity contribution is 0.272. The molecule has 0 aromatic heterocycles. The lowest BCUT2D eigenvalue weighted by Gasteiger charge is -2.10. The van der Waals surface area contributed by atoms with Crippen LogP contribution in [0.3, 0.4) is 0 Å². The highest BCUT2D eigenvalue weighted by Crippen LogP contribution is 2.13. The van der Waals surface area contributed by atoms with Gasteiger partial charge in [0.25, 0.3) is 0 Å². The Bertz CT molecular complexity index is 260. The highest BCUT2D eigenvalue weighted by Gasteiger charge is 2.00. The van der Waals surface area contributed by atoms with E-state index < -0.39 is 0 Å². The van der Waals surface area contributed by atoms with Gasteiger partial charge in [-0.25, -0.2) is 0 Å². The highest BCUT2D eigenvalue weighted by molar-refractivity contribution is 6.18. The molecule has 1 nitrogen and oxygen atoms in total. The Kier molecular flexibility index (Phi) is 4.10. The van der Waals surface area contributed by atoms with Crippen molar-refractivity contribution in [2.45, 2.75) is 13.8 Å². The molecule has 0 amide bonds. The number of hydrogen-bond donors (Lipinski definition) is 0. The molecule has 0 N–H and O–H groups in total. The maximum absolute atomic E-state index is 5.67. The van der Waals surface area contributed by atoms with E-state index in [1.165, 1.54) is 5.56 Å². The zero-order valence-corrected chi connectivity index (χ0v) is 8.84. The second-order valence-electron chi connectivity index (χ2n) is 3.39. The molecule has 1 aromatic carbocycles. The van der Waals surface area contributed by atoms with E-state index in [1.54, 1.807) is 0 Å². The van der Waals surface area contributed by atoms with Crippen molar-refractivity contribution in [3.8, 4) is 5.75 Å². The molecule has 0 aliphatic rings. The molecule has 2 heteroatoms. The summed E-state index contributed by atoms with van der Waals surface area (Å²) in [5.41, 5.74) is 1.22. The number of rotatable bonds is 4. The minimum atomic E-state index is 0.405. The van der Waals surface area contributed by atoms with Gasteiger partial charge in [-0.15, -0.1) is 11.6 Å². The van der Waals surface area contributed by atoms with Crippen LogP contribution in [0.1, 0.15) is 12.5 Å². The van der Waals surface area contributed by atoms with Crippen LogP contribution >= 0.6 is 11.6 Å². The molecule has 0 saturated carbocycles. The monoisotopic (exact) mass is 198 g/mol. The Balaban J connectivity index is 2.45. The summed E-state index contributed by atoms with van der Waals surface area (Å²) in [5, 5.41) is 0. The normalized spacial score (nSPS) is 12.5. The van der Waals surface area contributed by atoms with Crippen molar-refractivity contribution in [3.63, 3.8) is 0 Å². The molecule has 0 aliphatic carbocycles. The third kappa shape index (κ3) is 3.69. The first-order valence-electron chi connectivity index (χ1n) is 4.48. The first kappa shape index (κ1) is 10.4. The Morgan fingerprint density at radius 1 is 1.46 bits per heavy atom. The molecule has 1 atom stereocenters. The van der Waals surface area contributed by atoms with Crippen LogP contribution in [-0.2, 0) is 0 Å². The third-order valence-corrected chi connectivity index (χ3v) is 2.31. The van der Waals surface area contributed by atoms with Crippen molar-refractivity contribution in [1.82, 2.24) is 0 Å². The van der Waals surface area contributed by atoms with Crippen molar-refractivity contribution in [2.75, 3.05) is 12.5 Å². The summed E-state index contributed by atoms with van der Waals surface area (Å²) >= 11 is 5.67. The standard InChI is InChI=1S/C11H15ClO/c1-9-4-3-5-11(6-9)13-8-10(2)7-12/h3-6,10H,7-8H2,1-2H3. The predicted octanol–water partition coefficient (Wildman–Crippen LogP) is 3.25. The molecule has 1 unspecified atom stereocenters. The fraction of sp³-hybridized carbons (Fsp3) is 0.455. The average Bonchev–Trinajstić information content (AvgIpc) is 2.14. The summed E-state index contributed by atoms with van der Waals surface area (Å²) < 4.78 is 5.56. The molecule has 0 saturated heterocycles. The maximum atomic E-state index is 5.67. The van der Waals surface area contributed by atoms with Crippen LogP contribution in [-0.4, -0.2) is 12.5 Å². The molecule has 13 heavy (non-hydrogen) atoms. The third-order valence-electron chi connectivity index (χ3n) is 1.79. The van der Waals surface area contributed by atoms with Crippen molar-refractivity contribution in [2.24, 2.45) is 5.92 Å². The van der Waals surface area contributed by atoms with Crippen LogP contribution in [0, 0.1) is 12.8 Å². The predicted molar refractivity (Wildman–Crippen MR) is 56.6 cm³/mol. The first-order valence-corrected chi connectivity index (χ1v) is 5.01. The van der Waals surface area contributed by atoms with Gasteiger partial charge < -0.3 is 4.74 Å². The van der Waals surface area contributed by atoms with Gasteiger partial charge in [-0.2, -0.15) is 0 Å². The fourth-order valence-corrected chi connectivity index (χ4v) is 1.08. The zero-order valence-electron chi connectivity index (χ0n) is 8.09. The van der Waals surface area contributed by atoms with Crippen LogP contribution in [0.5, 0.6) is 5.75 Å². The van der Waals surface area contributed by atoms with Crippen LogP contribution in [0.25, 0.3) is 0 Å². The van der Waals surface area contributed by atoms with E-state index in [9.17, 15) is 0 Å². The molecule has 0 spiro atoms. The minimum absolute atomic E-state index is 0.405. The summed E-state index contributed by atoms with van der Waals surface area (Å²) in [6.45, 7) is 4.81. The van der Waals surface area contributed by atoms with Gasteiger partial charge in [0.05, 0.1) is 6.61 Å². The molecular weight excluding hydrogens is 184 g/mol. The lowest BCUT2D eigenvalue weighted by Crippen LogP contribution is -2.09. The smallest absolute Gasteiger partial charge is 0.119 e. The van der Waals surface area contributed by atoms with Gasteiger partial charge in [0, 0.05) is 11.8 Å². The van der Waals surface area contributed by atoms with E-state index in [0.29, 0.717) is 18.4 Å². The topological polar surface area (TPSA) is 9.23 Å². The number of alkyl halides is 1. The van der Waals surface area contributed by atoms with Gasteiger partial charge in [-0.05, 0) is 24.6 Å². The Morgan fingerprint density at radius 3 is 2.85 bits per heavy atom. The number of ether oxygens (including phenoxy) is 1. The second-order valence-corrected chi connectivity index (χ2v) is 3.70. The molecular formula is C11H15ClO. The van der Waals surface area contributed by atoms with E-state index in [1.807, 2.05) is 18.2 Å². The number of benzene rings is 1. The Hall–Kier alpha value is -0.690. The molecule has 1 rings (SSSR count). The van der Waals surface area contributed by atoms with E-state index in [2.05, 4.69) is 19.9 Å². The summed E-state index contributed by atoms with van der Waals surface area (Å²) in [5.74, 6) is 1.98. The van der Waals surface area contributed by atoms with E-state index in [0.717, 1.165) is 5.75 Å². The van der Waals surface area contributed by atoms with Crippen molar-refractivity contribution < 1.29 is 4.74 Å². The minimum Gasteiger partial charge on any atom is -0.493 e. The number of halogens is 1. The molecule has 0 fully saturated rings. The highest BCUT2D eigenvalue weighted by atomic mass is 35.5. The Labute approximate surface area is 84.7 Å². The zero-order chi connectivity index (χ0) is 9.68. The summed E-state index contributed by atoms with van der Waals surface area (Å²) in [6.07, 6.45) is 0. The van der Waals surface area contributed by atoms with Gasteiger partial charge in [0.15, 0.2) is 0 Å². The molecule has 1 aromatic rings. The summed E-state index contributed by atoms with van der Waals surface area (Å²) in [4.78, 5) is 0. The molecule has 0 radical (unpaired) electrons. The van der Waals surface area contributed by atoms with Gasteiger partial charge >= 0.3 is 0 Å². The number of hydrogen-bond acceptors (Lipinski definition) is 1. The average molecular weight is 199 g/mol.